The summed E-state index contributed by atoms with van der Waals surface area (Å²) in [5.41, 5.74) is 0. The molecular formula is C19H36O5. The van der Waals surface area contributed by atoms with Crippen LogP contribution in [0.2, 0.25) is 0 Å². The number of unbranched alkanes of at least 4 members (excludes halogenated alkanes) is 7. The van der Waals surface area contributed by atoms with Crippen LogP contribution in [0.15, 0.2) is 12.2 Å². The fourth-order valence-electron chi connectivity index (χ4n) is 2.95. The largest absolute Gasteiger partial charge is 0.394 e. The van der Waals surface area contributed by atoms with Crippen molar-refractivity contribution in [1.29, 1.82) is 0 Å². The topological polar surface area (TPSA) is 79.2 Å². The van der Waals surface area contributed by atoms with Crippen molar-refractivity contribution in [2.45, 2.75) is 89.1 Å². The molecule has 5 nitrogen and oxygen atoms in total. The highest BCUT2D eigenvalue weighted by atomic mass is 16.6. The molecule has 1 aliphatic heterocycles. The minimum atomic E-state index is -0.991. The van der Waals surface area contributed by atoms with E-state index in [1.54, 1.807) is 0 Å². The molecule has 0 saturated carbocycles. The lowest BCUT2D eigenvalue weighted by Crippen LogP contribution is -2.42. The Morgan fingerprint density at radius 3 is 2.33 bits per heavy atom. The van der Waals surface area contributed by atoms with Crippen molar-refractivity contribution in [3.05, 3.63) is 12.2 Å². The maximum absolute atomic E-state index is 9.77. The highest BCUT2D eigenvalue weighted by Gasteiger charge is 2.40. The molecule has 0 radical (unpaired) electrons. The predicted octanol–water partition coefficient (Wildman–Crippen LogP) is 2.57. The molecule has 3 N–H and O–H groups in total. The fraction of sp³-hybridized carbons (Fsp3) is 0.895. The number of hydrogen-bond donors (Lipinski definition) is 3. The van der Waals surface area contributed by atoms with Crippen LogP contribution in [0, 0.1) is 0 Å². The molecule has 142 valence electrons. The molecule has 0 bridgehead atoms. The third-order valence-electron chi connectivity index (χ3n) is 4.49. The van der Waals surface area contributed by atoms with Gasteiger partial charge in [-0.1, -0.05) is 57.6 Å². The standard InChI is InChI=1S/C19H36O5/c1-2-3-4-5-6-7-8-9-10-11-12-13-23-17(14-20)19-18(22)16(21)15-24-19/h10-11,16-22H,2-9,12-15H2,1H3/b11-10+/t16-,17+,18+,19+/m0/s1. The van der Waals surface area contributed by atoms with E-state index in [2.05, 4.69) is 19.1 Å². The van der Waals surface area contributed by atoms with Gasteiger partial charge in [-0.05, 0) is 19.3 Å². The van der Waals surface area contributed by atoms with Gasteiger partial charge in [-0.3, -0.25) is 0 Å². The predicted molar refractivity (Wildman–Crippen MR) is 94.9 cm³/mol. The van der Waals surface area contributed by atoms with Crippen LogP contribution < -0.4 is 0 Å². The quantitative estimate of drug-likeness (QED) is 0.333. The number of aliphatic hydroxyl groups excluding tert-OH is 3. The van der Waals surface area contributed by atoms with Gasteiger partial charge in [0.2, 0.25) is 0 Å². The second kappa shape index (κ2) is 13.8. The van der Waals surface area contributed by atoms with Crippen LogP contribution in [-0.4, -0.2) is 59.6 Å². The minimum Gasteiger partial charge on any atom is -0.394 e. The zero-order valence-electron chi connectivity index (χ0n) is 15.1. The molecule has 1 aliphatic rings. The molecule has 0 aromatic rings. The zero-order chi connectivity index (χ0) is 17.6. The summed E-state index contributed by atoms with van der Waals surface area (Å²) in [6.07, 6.45) is 12.3. The summed E-state index contributed by atoms with van der Waals surface area (Å²) in [7, 11) is 0. The molecule has 1 fully saturated rings. The van der Waals surface area contributed by atoms with Crippen LogP contribution in [0.4, 0.5) is 0 Å². The van der Waals surface area contributed by atoms with Crippen LogP contribution in [0.3, 0.4) is 0 Å². The summed E-state index contributed by atoms with van der Waals surface area (Å²) >= 11 is 0. The van der Waals surface area contributed by atoms with E-state index in [1.807, 2.05) is 0 Å². The first-order chi connectivity index (χ1) is 11.7. The molecular weight excluding hydrogens is 308 g/mol. The molecule has 0 amide bonds. The van der Waals surface area contributed by atoms with Gasteiger partial charge in [-0.25, -0.2) is 0 Å². The first kappa shape index (κ1) is 21.6. The van der Waals surface area contributed by atoms with Crippen molar-refractivity contribution in [2.24, 2.45) is 0 Å². The van der Waals surface area contributed by atoms with E-state index in [9.17, 15) is 15.3 Å². The summed E-state index contributed by atoms with van der Waals surface area (Å²) in [6.45, 7) is 2.57. The van der Waals surface area contributed by atoms with Gasteiger partial charge >= 0.3 is 0 Å². The molecule has 4 atom stereocenters. The average Bonchev–Trinajstić information content (AvgIpc) is 2.92. The molecule has 24 heavy (non-hydrogen) atoms. The van der Waals surface area contributed by atoms with Gasteiger partial charge in [0, 0.05) is 0 Å². The van der Waals surface area contributed by atoms with Gasteiger partial charge < -0.3 is 24.8 Å². The van der Waals surface area contributed by atoms with Gasteiger partial charge in [0.15, 0.2) is 0 Å². The first-order valence-corrected chi connectivity index (χ1v) is 9.55. The molecule has 1 rings (SSSR count). The Labute approximate surface area is 146 Å². The van der Waals surface area contributed by atoms with Crippen LogP contribution in [0.5, 0.6) is 0 Å². The van der Waals surface area contributed by atoms with E-state index in [4.69, 9.17) is 9.47 Å². The number of aliphatic hydroxyl groups is 3. The molecule has 0 aliphatic carbocycles. The van der Waals surface area contributed by atoms with Crippen molar-refractivity contribution >= 4 is 0 Å². The zero-order valence-corrected chi connectivity index (χ0v) is 15.1. The normalized spacial score (nSPS) is 25.6. The minimum absolute atomic E-state index is 0.0873. The van der Waals surface area contributed by atoms with Crippen LogP contribution >= 0.6 is 0 Å². The molecule has 0 unspecified atom stereocenters. The van der Waals surface area contributed by atoms with Gasteiger partial charge in [0.1, 0.15) is 24.4 Å². The SMILES string of the molecule is CCCCCCCCC/C=C/CCO[C@H](CO)[C@H]1OC[C@H](O)[C@H]1O. The van der Waals surface area contributed by atoms with Crippen molar-refractivity contribution in [1.82, 2.24) is 0 Å². The second-order valence-corrected chi connectivity index (χ2v) is 6.62. The summed E-state index contributed by atoms with van der Waals surface area (Å²) in [5.74, 6) is 0. The van der Waals surface area contributed by atoms with Gasteiger partial charge in [-0.15, -0.1) is 0 Å². The Bertz CT molecular complexity index is 321. The van der Waals surface area contributed by atoms with E-state index in [0.29, 0.717) is 6.61 Å². The summed E-state index contributed by atoms with van der Waals surface area (Å²) in [5, 5.41) is 28.6. The van der Waals surface area contributed by atoms with Crippen molar-refractivity contribution in [3.8, 4) is 0 Å². The van der Waals surface area contributed by atoms with Crippen LogP contribution in [-0.2, 0) is 9.47 Å². The maximum Gasteiger partial charge on any atom is 0.114 e. The van der Waals surface area contributed by atoms with E-state index >= 15 is 0 Å². The highest BCUT2D eigenvalue weighted by Crippen LogP contribution is 2.19. The highest BCUT2D eigenvalue weighted by molar-refractivity contribution is 4.89. The number of rotatable bonds is 14. The summed E-state index contributed by atoms with van der Waals surface area (Å²) in [6, 6.07) is 0. The Morgan fingerprint density at radius 1 is 1.04 bits per heavy atom. The van der Waals surface area contributed by atoms with E-state index in [1.165, 1.54) is 44.9 Å². The Kier molecular flexibility index (Phi) is 12.4. The number of allylic oxidation sites excluding steroid dienone is 1. The van der Waals surface area contributed by atoms with E-state index in [0.717, 1.165) is 12.8 Å². The van der Waals surface area contributed by atoms with Crippen molar-refractivity contribution in [3.63, 3.8) is 0 Å². The third-order valence-corrected chi connectivity index (χ3v) is 4.49. The van der Waals surface area contributed by atoms with Gasteiger partial charge in [0.05, 0.1) is 19.8 Å². The lowest BCUT2D eigenvalue weighted by Gasteiger charge is -2.24. The van der Waals surface area contributed by atoms with Crippen LogP contribution in [0.25, 0.3) is 0 Å². The fourth-order valence-corrected chi connectivity index (χ4v) is 2.95. The second-order valence-electron chi connectivity index (χ2n) is 6.62. The summed E-state index contributed by atoms with van der Waals surface area (Å²) < 4.78 is 10.9. The average molecular weight is 344 g/mol. The molecule has 5 heteroatoms. The molecule has 1 saturated heterocycles. The molecule has 0 aromatic carbocycles. The monoisotopic (exact) mass is 344 g/mol. The first-order valence-electron chi connectivity index (χ1n) is 9.55. The molecule has 0 spiro atoms. The Morgan fingerprint density at radius 2 is 1.71 bits per heavy atom. The lowest BCUT2D eigenvalue weighted by molar-refractivity contribution is -0.0996. The maximum atomic E-state index is 9.77. The van der Waals surface area contributed by atoms with Gasteiger partial charge in [0.25, 0.3) is 0 Å². The smallest absolute Gasteiger partial charge is 0.114 e. The molecule has 1 heterocycles. The third kappa shape index (κ3) is 8.58. The lowest BCUT2D eigenvalue weighted by atomic mass is 10.1. The number of ether oxygens (including phenoxy) is 2. The van der Waals surface area contributed by atoms with Crippen LogP contribution in [0.1, 0.15) is 64.7 Å². The van der Waals surface area contributed by atoms with Gasteiger partial charge in [-0.2, -0.15) is 0 Å². The number of hydrogen-bond acceptors (Lipinski definition) is 5. The molecule has 0 aromatic heterocycles. The Hall–Kier alpha value is -0.460. The summed E-state index contributed by atoms with van der Waals surface area (Å²) in [4.78, 5) is 0. The van der Waals surface area contributed by atoms with E-state index in [-0.39, 0.29) is 13.2 Å². The van der Waals surface area contributed by atoms with Crippen molar-refractivity contribution in [2.75, 3.05) is 19.8 Å². The van der Waals surface area contributed by atoms with Crippen molar-refractivity contribution < 1.29 is 24.8 Å². The van der Waals surface area contributed by atoms with E-state index < -0.39 is 24.4 Å². The Balaban J connectivity index is 2.00.